The van der Waals surface area contributed by atoms with E-state index in [1.807, 2.05) is 13.0 Å². The summed E-state index contributed by atoms with van der Waals surface area (Å²) in [5, 5.41) is 5.42. The first-order valence-electron chi connectivity index (χ1n) is 7.30. The van der Waals surface area contributed by atoms with Gasteiger partial charge in [-0.15, -0.1) is 0 Å². The molecule has 1 aromatic rings. The average Bonchev–Trinajstić information content (AvgIpc) is 2.39. The van der Waals surface area contributed by atoms with Crippen LogP contribution < -0.4 is 16.4 Å². The Hall–Kier alpha value is -2.24. The van der Waals surface area contributed by atoms with Crippen LogP contribution in [0, 0.1) is 6.92 Å². The van der Waals surface area contributed by atoms with Crippen LogP contribution in [-0.2, 0) is 4.74 Å². The summed E-state index contributed by atoms with van der Waals surface area (Å²) in [6, 6.07) is 5.21. The Morgan fingerprint density at radius 3 is 2.41 bits per heavy atom. The molecule has 1 rings (SSSR count). The molecule has 4 N–H and O–H groups in total. The van der Waals surface area contributed by atoms with Gasteiger partial charge in [-0.2, -0.15) is 0 Å². The second-order valence-corrected chi connectivity index (χ2v) is 6.11. The van der Waals surface area contributed by atoms with Crippen LogP contribution in [0.1, 0.15) is 43.1 Å². The molecule has 0 atom stereocenters. The number of nitrogens with two attached hydrogens (primary N) is 1. The maximum atomic E-state index is 11.9. The fourth-order valence-corrected chi connectivity index (χ4v) is 1.68. The highest BCUT2D eigenvalue weighted by atomic mass is 16.6. The Morgan fingerprint density at radius 1 is 1.18 bits per heavy atom. The Morgan fingerprint density at radius 2 is 1.82 bits per heavy atom. The van der Waals surface area contributed by atoms with Crippen LogP contribution in [-0.4, -0.2) is 30.7 Å². The molecule has 0 saturated carbocycles. The van der Waals surface area contributed by atoms with E-state index in [2.05, 4.69) is 10.6 Å². The minimum absolute atomic E-state index is 0.177. The largest absolute Gasteiger partial charge is 0.444 e. The van der Waals surface area contributed by atoms with Gasteiger partial charge >= 0.3 is 6.09 Å². The van der Waals surface area contributed by atoms with Crippen LogP contribution in [0.4, 0.5) is 10.5 Å². The van der Waals surface area contributed by atoms with E-state index in [1.54, 1.807) is 32.9 Å². The molecule has 0 heterocycles. The van der Waals surface area contributed by atoms with Crippen molar-refractivity contribution in [3.8, 4) is 0 Å². The van der Waals surface area contributed by atoms with Gasteiger partial charge in [-0.3, -0.25) is 4.79 Å². The van der Waals surface area contributed by atoms with Crippen molar-refractivity contribution < 1.29 is 14.3 Å². The molecule has 22 heavy (non-hydrogen) atoms. The highest BCUT2D eigenvalue weighted by Gasteiger charge is 2.15. The van der Waals surface area contributed by atoms with Crippen molar-refractivity contribution in [2.24, 2.45) is 0 Å². The Labute approximate surface area is 131 Å². The predicted octanol–water partition coefficient (Wildman–Crippen LogP) is 2.22. The van der Waals surface area contributed by atoms with E-state index in [0.717, 1.165) is 5.56 Å². The molecule has 1 aromatic carbocycles. The van der Waals surface area contributed by atoms with Gasteiger partial charge in [0.15, 0.2) is 0 Å². The van der Waals surface area contributed by atoms with Crippen molar-refractivity contribution in [3.05, 3.63) is 29.3 Å². The highest BCUT2D eigenvalue weighted by Crippen LogP contribution is 2.12. The molecule has 0 saturated heterocycles. The average molecular weight is 307 g/mol. The molecule has 0 bridgehead atoms. The van der Waals surface area contributed by atoms with E-state index in [1.165, 1.54) is 0 Å². The predicted molar refractivity (Wildman–Crippen MR) is 86.8 cm³/mol. The minimum Gasteiger partial charge on any atom is -0.444 e. The molecule has 0 aromatic heterocycles. The maximum absolute atomic E-state index is 11.9. The third-order valence-corrected chi connectivity index (χ3v) is 2.85. The molecule has 0 spiro atoms. The summed E-state index contributed by atoms with van der Waals surface area (Å²) in [7, 11) is 0. The molecule has 0 fully saturated rings. The first-order valence-corrected chi connectivity index (χ1v) is 7.30. The van der Waals surface area contributed by atoms with E-state index in [0.29, 0.717) is 30.8 Å². The molecule has 2 amide bonds. The van der Waals surface area contributed by atoms with Gasteiger partial charge in [0, 0.05) is 24.3 Å². The molecular weight excluding hydrogens is 282 g/mol. The third kappa shape index (κ3) is 6.47. The van der Waals surface area contributed by atoms with Crippen molar-refractivity contribution in [1.82, 2.24) is 10.6 Å². The van der Waals surface area contributed by atoms with Crippen molar-refractivity contribution in [2.45, 2.75) is 39.7 Å². The lowest BCUT2D eigenvalue weighted by Crippen LogP contribution is -2.34. The van der Waals surface area contributed by atoms with Crippen molar-refractivity contribution in [3.63, 3.8) is 0 Å². The number of carbonyl (C=O) groups is 2. The molecular formula is C16H25N3O3. The molecule has 0 aliphatic rings. The van der Waals surface area contributed by atoms with Crippen LogP contribution in [0.3, 0.4) is 0 Å². The Bertz CT molecular complexity index is 536. The summed E-state index contributed by atoms with van der Waals surface area (Å²) < 4.78 is 5.11. The third-order valence-electron chi connectivity index (χ3n) is 2.85. The van der Waals surface area contributed by atoms with E-state index in [-0.39, 0.29) is 5.91 Å². The number of rotatable bonds is 5. The van der Waals surface area contributed by atoms with Crippen LogP contribution in [0.5, 0.6) is 0 Å². The van der Waals surface area contributed by atoms with Gasteiger partial charge in [0.05, 0.1) is 0 Å². The van der Waals surface area contributed by atoms with E-state index in [9.17, 15) is 9.59 Å². The van der Waals surface area contributed by atoms with Crippen molar-refractivity contribution in [2.75, 3.05) is 18.8 Å². The number of nitrogen functional groups attached to an aromatic ring is 1. The molecule has 0 aliphatic heterocycles. The molecule has 122 valence electrons. The number of alkyl carbamates (subject to hydrolysis) is 1. The number of amides is 2. The zero-order valence-electron chi connectivity index (χ0n) is 13.7. The summed E-state index contributed by atoms with van der Waals surface area (Å²) >= 11 is 0. The monoisotopic (exact) mass is 307 g/mol. The highest BCUT2D eigenvalue weighted by molar-refractivity contribution is 5.95. The number of carbonyl (C=O) groups excluding carboxylic acids is 2. The Balaban J connectivity index is 2.25. The number of nitrogens with one attached hydrogen (secondary N) is 2. The van der Waals surface area contributed by atoms with Gasteiger partial charge in [0.2, 0.25) is 0 Å². The summed E-state index contributed by atoms with van der Waals surface area (Å²) in [4.78, 5) is 23.3. The quantitative estimate of drug-likeness (QED) is 0.574. The van der Waals surface area contributed by atoms with Crippen LogP contribution in [0.15, 0.2) is 18.2 Å². The first kappa shape index (κ1) is 17.8. The van der Waals surface area contributed by atoms with Crippen LogP contribution in [0.2, 0.25) is 0 Å². The number of aryl methyl sites for hydroxylation is 1. The standard InChI is InChI=1S/C16H25N3O3/c1-11-6-7-12(10-13(11)17)14(20)18-8-5-9-19-15(21)22-16(2,3)4/h6-7,10H,5,8-9,17H2,1-4H3,(H,18,20)(H,19,21). The second kappa shape index (κ2) is 7.68. The van der Waals surface area contributed by atoms with Crippen LogP contribution >= 0.6 is 0 Å². The normalized spacial score (nSPS) is 10.9. The summed E-state index contributed by atoms with van der Waals surface area (Å²) in [6.45, 7) is 8.20. The maximum Gasteiger partial charge on any atom is 0.407 e. The number of ether oxygens (including phenoxy) is 1. The van der Waals surface area contributed by atoms with Crippen molar-refractivity contribution >= 4 is 17.7 Å². The summed E-state index contributed by atoms with van der Waals surface area (Å²) in [6.07, 6.45) is 0.164. The molecule has 6 heteroatoms. The number of anilines is 1. The fraction of sp³-hybridized carbons (Fsp3) is 0.500. The van der Waals surface area contributed by atoms with Gasteiger partial charge in [0.25, 0.3) is 5.91 Å². The van der Waals surface area contributed by atoms with Gasteiger partial charge in [-0.1, -0.05) is 6.07 Å². The summed E-state index contributed by atoms with van der Waals surface area (Å²) in [5.74, 6) is -0.177. The molecule has 0 aliphatic carbocycles. The molecule has 6 nitrogen and oxygen atoms in total. The number of hydrogen-bond acceptors (Lipinski definition) is 4. The van der Waals surface area contributed by atoms with Crippen molar-refractivity contribution in [1.29, 1.82) is 0 Å². The first-order chi connectivity index (χ1) is 10.2. The number of benzene rings is 1. The SMILES string of the molecule is Cc1ccc(C(=O)NCCCNC(=O)OC(C)(C)C)cc1N. The molecule has 0 unspecified atom stereocenters. The van der Waals surface area contributed by atoms with Gasteiger partial charge in [0.1, 0.15) is 5.60 Å². The lowest BCUT2D eigenvalue weighted by atomic mass is 10.1. The lowest BCUT2D eigenvalue weighted by Gasteiger charge is -2.19. The summed E-state index contributed by atoms with van der Waals surface area (Å²) in [5.41, 5.74) is 7.34. The Kier molecular flexibility index (Phi) is 6.22. The lowest BCUT2D eigenvalue weighted by molar-refractivity contribution is 0.0527. The number of hydrogen-bond donors (Lipinski definition) is 3. The minimum atomic E-state index is -0.510. The van der Waals surface area contributed by atoms with Gasteiger partial charge in [-0.05, 0) is 51.8 Å². The topological polar surface area (TPSA) is 93.5 Å². The van der Waals surface area contributed by atoms with Crippen LogP contribution in [0.25, 0.3) is 0 Å². The zero-order chi connectivity index (χ0) is 16.8. The van der Waals surface area contributed by atoms with Gasteiger partial charge < -0.3 is 21.1 Å². The van der Waals surface area contributed by atoms with E-state index < -0.39 is 11.7 Å². The van der Waals surface area contributed by atoms with E-state index >= 15 is 0 Å². The van der Waals surface area contributed by atoms with Gasteiger partial charge in [-0.25, -0.2) is 4.79 Å². The van der Waals surface area contributed by atoms with E-state index in [4.69, 9.17) is 10.5 Å². The zero-order valence-corrected chi connectivity index (χ0v) is 13.7. The second-order valence-electron chi connectivity index (χ2n) is 6.11. The molecule has 0 radical (unpaired) electrons. The fourth-order valence-electron chi connectivity index (χ4n) is 1.68. The smallest absolute Gasteiger partial charge is 0.407 e.